The first-order valence-corrected chi connectivity index (χ1v) is 5.30. The van der Waals surface area contributed by atoms with Crippen LogP contribution in [0.1, 0.15) is 17.3 Å². The van der Waals surface area contributed by atoms with E-state index in [-0.39, 0.29) is 16.9 Å². The molecule has 0 saturated heterocycles. The molecule has 100 valence electrons. The van der Waals surface area contributed by atoms with Gasteiger partial charge in [-0.15, -0.1) is 0 Å². The van der Waals surface area contributed by atoms with Gasteiger partial charge >= 0.3 is 5.97 Å². The zero-order chi connectivity index (χ0) is 14.4. The number of carbonyl (C=O) groups is 2. The number of benzene rings is 1. The number of rotatable bonds is 4. The molecule has 1 amide bonds. The second-order valence-corrected chi connectivity index (χ2v) is 3.47. The van der Waals surface area contributed by atoms with Gasteiger partial charge in [-0.1, -0.05) is 6.08 Å². The molecule has 0 aromatic heterocycles. The molecule has 0 bridgehead atoms. The van der Waals surface area contributed by atoms with E-state index in [0.717, 1.165) is 12.1 Å². The summed E-state index contributed by atoms with van der Waals surface area (Å²) in [7, 11) is 1.18. The van der Waals surface area contributed by atoms with E-state index in [1.54, 1.807) is 6.92 Å². The maximum atomic E-state index is 11.5. The lowest BCUT2D eigenvalue weighted by Gasteiger charge is -2.08. The number of ether oxygens (including phenoxy) is 1. The Bertz CT molecular complexity index is 551. The van der Waals surface area contributed by atoms with Gasteiger partial charge < -0.3 is 10.1 Å². The highest BCUT2D eigenvalue weighted by atomic mass is 16.6. The summed E-state index contributed by atoms with van der Waals surface area (Å²) in [5, 5.41) is 13.1. The summed E-state index contributed by atoms with van der Waals surface area (Å²) in [4.78, 5) is 33.0. The Balaban J connectivity index is 3.21. The highest BCUT2D eigenvalue weighted by Crippen LogP contribution is 2.23. The third-order valence-corrected chi connectivity index (χ3v) is 2.20. The molecule has 1 aromatic rings. The van der Waals surface area contributed by atoms with Crippen molar-refractivity contribution in [2.24, 2.45) is 0 Å². The fourth-order valence-electron chi connectivity index (χ4n) is 1.36. The lowest BCUT2D eigenvalue weighted by molar-refractivity contribution is -0.384. The number of amides is 1. The minimum Gasteiger partial charge on any atom is -0.465 e. The van der Waals surface area contributed by atoms with Crippen molar-refractivity contribution >= 4 is 23.3 Å². The number of allylic oxidation sites excluding steroid dienone is 1. The van der Waals surface area contributed by atoms with E-state index in [0.29, 0.717) is 0 Å². The van der Waals surface area contributed by atoms with Crippen LogP contribution in [0.4, 0.5) is 11.4 Å². The van der Waals surface area contributed by atoms with Gasteiger partial charge in [-0.05, 0) is 19.1 Å². The summed E-state index contributed by atoms with van der Waals surface area (Å²) >= 11 is 0. The number of carbonyl (C=O) groups excluding carboxylic acids is 2. The van der Waals surface area contributed by atoms with Crippen molar-refractivity contribution in [2.45, 2.75) is 6.92 Å². The minimum absolute atomic E-state index is 0.0316. The highest BCUT2D eigenvalue weighted by molar-refractivity contribution is 6.05. The first kappa shape index (κ1) is 14.4. The lowest BCUT2D eigenvalue weighted by atomic mass is 10.1. The van der Waals surface area contributed by atoms with Crippen LogP contribution in [-0.4, -0.2) is 23.9 Å². The molecule has 1 N–H and O–H groups in total. The molecule has 1 rings (SSSR count). The number of non-ortho nitro benzene ring substituents is 1. The third-order valence-electron chi connectivity index (χ3n) is 2.20. The normalized spacial score (nSPS) is 10.2. The molecule has 0 heterocycles. The lowest BCUT2D eigenvalue weighted by Crippen LogP contribution is -2.13. The van der Waals surface area contributed by atoms with E-state index >= 15 is 0 Å². The molecule has 7 heteroatoms. The summed E-state index contributed by atoms with van der Waals surface area (Å²) in [5.74, 6) is -1.18. The van der Waals surface area contributed by atoms with Crippen LogP contribution in [0.2, 0.25) is 0 Å². The SMILES string of the molecule is CC=CC(=O)Nc1cc([N+](=O)[O-])ccc1C(=O)OC. The summed E-state index contributed by atoms with van der Waals surface area (Å²) < 4.78 is 4.54. The summed E-state index contributed by atoms with van der Waals surface area (Å²) in [5.41, 5.74) is -0.154. The Kier molecular flexibility index (Phi) is 4.76. The Hall–Kier alpha value is -2.70. The fourth-order valence-corrected chi connectivity index (χ4v) is 1.36. The number of nitrogens with one attached hydrogen (secondary N) is 1. The molecule has 0 saturated carbocycles. The van der Waals surface area contributed by atoms with Crippen LogP contribution in [0.25, 0.3) is 0 Å². The van der Waals surface area contributed by atoms with Gasteiger partial charge in [0.05, 0.1) is 23.3 Å². The van der Waals surface area contributed by atoms with Gasteiger partial charge in [0, 0.05) is 12.1 Å². The van der Waals surface area contributed by atoms with Crippen molar-refractivity contribution in [1.29, 1.82) is 0 Å². The monoisotopic (exact) mass is 264 g/mol. The molecular formula is C12H12N2O5. The number of anilines is 1. The maximum Gasteiger partial charge on any atom is 0.339 e. The maximum absolute atomic E-state index is 11.5. The average Bonchev–Trinajstić information content (AvgIpc) is 2.37. The first-order chi connectivity index (χ1) is 8.99. The molecule has 0 fully saturated rings. The molecule has 0 aliphatic rings. The molecule has 0 atom stereocenters. The predicted octanol–water partition coefficient (Wildman–Crippen LogP) is 1.90. The Labute approximate surface area is 109 Å². The van der Waals surface area contributed by atoms with E-state index in [4.69, 9.17) is 0 Å². The number of hydrogen-bond donors (Lipinski definition) is 1. The molecule has 1 aromatic carbocycles. The number of esters is 1. The van der Waals surface area contributed by atoms with Crippen molar-refractivity contribution in [3.05, 3.63) is 46.0 Å². The molecule has 0 radical (unpaired) electrons. The zero-order valence-electron chi connectivity index (χ0n) is 10.4. The van der Waals surface area contributed by atoms with Gasteiger partial charge in [-0.2, -0.15) is 0 Å². The van der Waals surface area contributed by atoms with Crippen LogP contribution in [0, 0.1) is 10.1 Å². The van der Waals surface area contributed by atoms with Gasteiger partial charge in [-0.25, -0.2) is 4.79 Å². The van der Waals surface area contributed by atoms with E-state index in [1.165, 1.54) is 25.3 Å². The average molecular weight is 264 g/mol. The number of nitrogens with zero attached hydrogens (tertiary/aromatic N) is 1. The summed E-state index contributed by atoms with van der Waals surface area (Å²) in [6.07, 6.45) is 2.74. The fraction of sp³-hybridized carbons (Fsp3) is 0.167. The Morgan fingerprint density at radius 2 is 2.11 bits per heavy atom. The van der Waals surface area contributed by atoms with Crippen LogP contribution >= 0.6 is 0 Å². The summed E-state index contributed by atoms with van der Waals surface area (Å²) in [6.45, 7) is 1.65. The molecule has 0 aliphatic heterocycles. The van der Waals surface area contributed by atoms with Crippen LogP contribution in [0.3, 0.4) is 0 Å². The Morgan fingerprint density at radius 1 is 1.42 bits per heavy atom. The van der Waals surface area contributed by atoms with Gasteiger partial charge in [0.15, 0.2) is 0 Å². The number of methoxy groups -OCH3 is 1. The quantitative estimate of drug-likeness (QED) is 0.387. The molecule has 19 heavy (non-hydrogen) atoms. The van der Waals surface area contributed by atoms with Gasteiger partial charge in [-0.3, -0.25) is 14.9 Å². The van der Waals surface area contributed by atoms with Gasteiger partial charge in [0.1, 0.15) is 0 Å². The van der Waals surface area contributed by atoms with Crippen LogP contribution in [-0.2, 0) is 9.53 Å². The largest absolute Gasteiger partial charge is 0.465 e. The minimum atomic E-state index is -0.689. The molecule has 0 spiro atoms. The Morgan fingerprint density at radius 3 is 2.63 bits per heavy atom. The van der Waals surface area contributed by atoms with Crippen molar-refractivity contribution in [3.8, 4) is 0 Å². The standard InChI is InChI=1S/C12H12N2O5/c1-3-4-11(15)13-10-7-8(14(17)18)5-6-9(10)12(16)19-2/h3-7H,1-2H3,(H,13,15). The first-order valence-electron chi connectivity index (χ1n) is 5.30. The van der Waals surface area contributed by atoms with Crippen LogP contribution in [0.5, 0.6) is 0 Å². The van der Waals surface area contributed by atoms with Crippen LogP contribution in [0.15, 0.2) is 30.4 Å². The van der Waals surface area contributed by atoms with E-state index in [2.05, 4.69) is 10.1 Å². The van der Waals surface area contributed by atoms with Crippen molar-refractivity contribution in [3.63, 3.8) is 0 Å². The topological polar surface area (TPSA) is 98.5 Å². The molecule has 0 unspecified atom stereocenters. The number of nitro groups is 1. The van der Waals surface area contributed by atoms with E-state index in [9.17, 15) is 19.7 Å². The number of nitro benzene ring substituents is 1. The van der Waals surface area contributed by atoms with E-state index in [1.807, 2.05) is 0 Å². The molecule has 7 nitrogen and oxygen atoms in total. The second-order valence-electron chi connectivity index (χ2n) is 3.47. The predicted molar refractivity (Wildman–Crippen MR) is 67.9 cm³/mol. The van der Waals surface area contributed by atoms with Gasteiger partial charge in [0.25, 0.3) is 5.69 Å². The second kappa shape index (κ2) is 6.29. The smallest absolute Gasteiger partial charge is 0.339 e. The summed E-state index contributed by atoms with van der Waals surface area (Å²) in [6, 6.07) is 3.50. The molecular weight excluding hydrogens is 252 g/mol. The van der Waals surface area contributed by atoms with Crippen LogP contribution < -0.4 is 5.32 Å². The van der Waals surface area contributed by atoms with Gasteiger partial charge in [0.2, 0.25) is 5.91 Å². The number of hydrogen-bond acceptors (Lipinski definition) is 5. The van der Waals surface area contributed by atoms with Crippen molar-refractivity contribution < 1.29 is 19.2 Å². The zero-order valence-corrected chi connectivity index (χ0v) is 10.4. The van der Waals surface area contributed by atoms with E-state index < -0.39 is 16.8 Å². The molecule has 0 aliphatic carbocycles. The van der Waals surface area contributed by atoms with Crippen molar-refractivity contribution in [1.82, 2.24) is 0 Å². The third kappa shape index (κ3) is 3.63. The van der Waals surface area contributed by atoms with Crippen molar-refractivity contribution in [2.75, 3.05) is 12.4 Å². The highest BCUT2D eigenvalue weighted by Gasteiger charge is 2.17.